The van der Waals surface area contributed by atoms with E-state index in [2.05, 4.69) is 9.97 Å². The number of nitrogens with zero attached hydrogens (tertiary/aromatic N) is 4. The lowest BCUT2D eigenvalue weighted by molar-refractivity contribution is 0.218. The third kappa shape index (κ3) is 3.21. The third-order valence-electron chi connectivity index (χ3n) is 3.80. The number of aromatic nitrogens is 2. The molecule has 2 heterocycles. The number of halogens is 1. The molecule has 8 heteroatoms. The summed E-state index contributed by atoms with van der Waals surface area (Å²) in [6, 6.07) is 7.18. The van der Waals surface area contributed by atoms with Crippen LogP contribution in [0.5, 0.6) is 11.5 Å². The summed E-state index contributed by atoms with van der Waals surface area (Å²) < 4.78 is 10.5. The summed E-state index contributed by atoms with van der Waals surface area (Å²) in [5.74, 6) is 1.81. The van der Waals surface area contributed by atoms with Gasteiger partial charge in [0.25, 0.3) is 0 Å². The van der Waals surface area contributed by atoms with Crippen LogP contribution in [0.4, 0.5) is 10.6 Å². The van der Waals surface area contributed by atoms with Crippen molar-refractivity contribution in [1.82, 2.24) is 14.9 Å². The van der Waals surface area contributed by atoms with Crippen LogP contribution in [0.15, 0.2) is 30.5 Å². The fraction of sp³-hybridized carbons (Fsp3) is 0.312. The Labute approximate surface area is 144 Å². The number of benzene rings is 1. The van der Waals surface area contributed by atoms with Crippen molar-refractivity contribution in [3.63, 3.8) is 0 Å². The first kappa shape index (κ1) is 16.3. The van der Waals surface area contributed by atoms with Gasteiger partial charge in [-0.05, 0) is 35.4 Å². The SMILES string of the molecule is COc1ccc(CN2CCN(c3ccnc(Cl)n3)C2=O)cc1OC. The molecule has 0 aliphatic carbocycles. The molecule has 1 fully saturated rings. The van der Waals surface area contributed by atoms with Gasteiger partial charge in [-0.3, -0.25) is 4.90 Å². The minimum Gasteiger partial charge on any atom is -0.493 e. The van der Waals surface area contributed by atoms with Crippen molar-refractivity contribution in [3.05, 3.63) is 41.3 Å². The van der Waals surface area contributed by atoms with E-state index in [4.69, 9.17) is 21.1 Å². The van der Waals surface area contributed by atoms with E-state index in [1.54, 1.807) is 30.1 Å². The predicted octanol–water partition coefficient (Wildman–Crippen LogP) is 2.59. The van der Waals surface area contributed by atoms with E-state index in [1.165, 1.54) is 6.20 Å². The fourth-order valence-corrected chi connectivity index (χ4v) is 2.76. The Kier molecular flexibility index (Phi) is 4.71. The standard InChI is InChI=1S/C16H17ClN4O3/c1-23-12-4-3-11(9-13(12)24-2)10-20-7-8-21(16(20)22)14-5-6-18-15(17)19-14/h3-6,9H,7-8,10H2,1-2H3. The number of ether oxygens (including phenoxy) is 2. The zero-order valence-electron chi connectivity index (χ0n) is 13.4. The van der Waals surface area contributed by atoms with Gasteiger partial charge < -0.3 is 14.4 Å². The van der Waals surface area contributed by atoms with E-state index in [0.29, 0.717) is 37.0 Å². The number of carbonyl (C=O) groups excluding carboxylic acids is 1. The van der Waals surface area contributed by atoms with E-state index in [0.717, 1.165) is 5.56 Å². The molecule has 24 heavy (non-hydrogen) atoms. The second-order valence-corrected chi connectivity index (χ2v) is 5.57. The Hall–Kier alpha value is -2.54. The van der Waals surface area contributed by atoms with Crippen molar-refractivity contribution in [2.24, 2.45) is 0 Å². The highest BCUT2D eigenvalue weighted by Gasteiger charge is 2.30. The minimum absolute atomic E-state index is 0.112. The second-order valence-electron chi connectivity index (χ2n) is 5.23. The molecule has 2 aromatic rings. The van der Waals surface area contributed by atoms with Crippen molar-refractivity contribution in [3.8, 4) is 11.5 Å². The summed E-state index contributed by atoms with van der Waals surface area (Å²) in [4.78, 5) is 23.9. The van der Waals surface area contributed by atoms with Crippen LogP contribution in [-0.4, -0.2) is 48.2 Å². The van der Waals surface area contributed by atoms with E-state index in [-0.39, 0.29) is 11.3 Å². The molecule has 1 aromatic heterocycles. The Bertz CT molecular complexity index is 756. The van der Waals surface area contributed by atoms with Gasteiger partial charge in [0, 0.05) is 25.8 Å². The molecule has 1 aliphatic rings. The summed E-state index contributed by atoms with van der Waals surface area (Å²) in [7, 11) is 3.18. The summed E-state index contributed by atoms with van der Waals surface area (Å²) >= 11 is 5.80. The Morgan fingerprint density at radius 3 is 2.67 bits per heavy atom. The van der Waals surface area contributed by atoms with Gasteiger partial charge in [-0.25, -0.2) is 14.8 Å². The van der Waals surface area contributed by atoms with Crippen molar-refractivity contribution >= 4 is 23.4 Å². The van der Waals surface area contributed by atoms with Crippen LogP contribution in [0.3, 0.4) is 0 Å². The first-order chi connectivity index (χ1) is 11.6. The number of rotatable bonds is 5. The Morgan fingerprint density at radius 2 is 1.96 bits per heavy atom. The van der Waals surface area contributed by atoms with Gasteiger partial charge in [-0.2, -0.15) is 0 Å². The maximum Gasteiger partial charge on any atom is 0.326 e. The lowest BCUT2D eigenvalue weighted by atomic mass is 10.2. The molecular formula is C16H17ClN4O3. The highest BCUT2D eigenvalue weighted by molar-refractivity contribution is 6.28. The van der Waals surface area contributed by atoms with Gasteiger partial charge in [0.1, 0.15) is 5.82 Å². The van der Waals surface area contributed by atoms with Gasteiger partial charge >= 0.3 is 6.03 Å². The predicted molar refractivity (Wildman–Crippen MR) is 89.7 cm³/mol. The number of amides is 2. The Balaban J connectivity index is 1.74. The highest BCUT2D eigenvalue weighted by Crippen LogP contribution is 2.29. The van der Waals surface area contributed by atoms with Crippen molar-refractivity contribution in [2.75, 3.05) is 32.2 Å². The Morgan fingerprint density at radius 1 is 1.17 bits per heavy atom. The largest absolute Gasteiger partial charge is 0.493 e. The van der Waals surface area contributed by atoms with Gasteiger partial charge in [-0.15, -0.1) is 0 Å². The van der Waals surface area contributed by atoms with Crippen LogP contribution in [0.1, 0.15) is 5.56 Å². The van der Waals surface area contributed by atoms with Crippen LogP contribution in [0, 0.1) is 0 Å². The summed E-state index contributed by atoms with van der Waals surface area (Å²) in [5, 5.41) is 0.124. The molecule has 126 valence electrons. The summed E-state index contributed by atoms with van der Waals surface area (Å²) in [6.45, 7) is 1.64. The molecule has 1 aromatic carbocycles. The molecule has 1 aliphatic heterocycles. The average Bonchev–Trinajstić information content (AvgIpc) is 2.95. The number of urea groups is 1. The van der Waals surface area contributed by atoms with Crippen LogP contribution in [-0.2, 0) is 6.54 Å². The molecule has 0 saturated carbocycles. The fourth-order valence-electron chi connectivity index (χ4n) is 2.62. The van der Waals surface area contributed by atoms with Gasteiger partial charge in [-0.1, -0.05) is 6.07 Å². The topological polar surface area (TPSA) is 67.8 Å². The van der Waals surface area contributed by atoms with Crippen LogP contribution >= 0.6 is 11.6 Å². The lowest BCUT2D eigenvalue weighted by Gasteiger charge is -2.18. The van der Waals surface area contributed by atoms with E-state index in [9.17, 15) is 4.79 Å². The van der Waals surface area contributed by atoms with Crippen LogP contribution < -0.4 is 14.4 Å². The molecule has 1 saturated heterocycles. The molecular weight excluding hydrogens is 332 g/mol. The van der Waals surface area contributed by atoms with Crippen LogP contribution in [0.25, 0.3) is 0 Å². The highest BCUT2D eigenvalue weighted by atomic mass is 35.5. The summed E-state index contributed by atoms with van der Waals surface area (Å²) in [6.07, 6.45) is 1.54. The number of methoxy groups -OCH3 is 2. The normalized spacial score (nSPS) is 14.2. The minimum atomic E-state index is -0.112. The van der Waals surface area contributed by atoms with E-state index < -0.39 is 0 Å². The van der Waals surface area contributed by atoms with Gasteiger partial charge in [0.15, 0.2) is 11.5 Å². The molecule has 0 atom stereocenters. The number of hydrogen-bond acceptors (Lipinski definition) is 5. The van der Waals surface area contributed by atoms with Gasteiger partial charge in [0.2, 0.25) is 5.28 Å². The van der Waals surface area contributed by atoms with Gasteiger partial charge in [0.05, 0.1) is 14.2 Å². The molecule has 0 radical (unpaired) electrons. The molecule has 0 N–H and O–H groups in total. The number of carbonyl (C=O) groups is 1. The molecule has 0 bridgehead atoms. The number of anilines is 1. The maximum absolute atomic E-state index is 12.6. The molecule has 0 spiro atoms. The first-order valence-electron chi connectivity index (χ1n) is 7.38. The van der Waals surface area contributed by atoms with Crippen LogP contribution in [0.2, 0.25) is 5.28 Å². The van der Waals surface area contributed by atoms with Crippen molar-refractivity contribution in [1.29, 1.82) is 0 Å². The molecule has 2 amide bonds. The quantitative estimate of drug-likeness (QED) is 0.777. The first-order valence-corrected chi connectivity index (χ1v) is 7.76. The second kappa shape index (κ2) is 6.92. The average molecular weight is 349 g/mol. The molecule has 3 rings (SSSR count). The number of hydrogen-bond donors (Lipinski definition) is 0. The smallest absolute Gasteiger partial charge is 0.326 e. The van der Waals surface area contributed by atoms with Crippen molar-refractivity contribution in [2.45, 2.75) is 6.54 Å². The lowest BCUT2D eigenvalue weighted by Crippen LogP contribution is -2.32. The van der Waals surface area contributed by atoms with Crippen molar-refractivity contribution < 1.29 is 14.3 Å². The summed E-state index contributed by atoms with van der Waals surface area (Å²) in [5.41, 5.74) is 0.962. The monoisotopic (exact) mass is 348 g/mol. The zero-order valence-corrected chi connectivity index (χ0v) is 14.2. The van der Waals surface area contributed by atoms with E-state index >= 15 is 0 Å². The molecule has 0 unspecified atom stereocenters. The third-order valence-corrected chi connectivity index (χ3v) is 3.99. The zero-order chi connectivity index (χ0) is 17.1. The van der Waals surface area contributed by atoms with E-state index in [1.807, 2.05) is 18.2 Å². The maximum atomic E-state index is 12.6. The molecule has 7 nitrogen and oxygen atoms in total.